The standard InChI is InChI=1S/C26H26ClFN4O/c1-2-30-11-13-31(14-12-30)18-20-17-29-32(26(20)25-4-3-15-33-25)22-9-10-23(24(27)16-22)19-5-7-21(28)8-6-19/h3-10,15-17H,2,11-14,18H2,1H3. The van der Waals surface area contributed by atoms with E-state index in [1.54, 1.807) is 18.4 Å². The average Bonchev–Trinajstić information content (AvgIpc) is 3.50. The van der Waals surface area contributed by atoms with E-state index in [1.807, 2.05) is 41.2 Å². The molecule has 170 valence electrons. The number of hydrogen-bond acceptors (Lipinski definition) is 4. The zero-order valence-corrected chi connectivity index (χ0v) is 19.3. The molecule has 33 heavy (non-hydrogen) atoms. The van der Waals surface area contributed by atoms with Crippen molar-refractivity contribution in [2.24, 2.45) is 0 Å². The van der Waals surface area contributed by atoms with Crippen molar-refractivity contribution in [3.63, 3.8) is 0 Å². The van der Waals surface area contributed by atoms with E-state index in [1.165, 1.54) is 12.1 Å². The highest BCUT2D eigenvalue weighted by molar-refractivity contribution is 6.33. The van der Waals surface area contributed by atoms with Crippen molar-refractivity contribution in [1.29, 1.82) is 0 Å². The van der Waals surface area contributed by atoms with E-state index in [9.17, 15) is 4.39 Å². The molecule has 7 heteroatoms. The molecule has 0 unspecified atom stereocenters. The zero-order chi connectivity index (χ0) is 22.8. The summed E-state index contributed by atoms with van der Waals surface area (Å²) < 4.78 is 21.0. The van der Waals surface area contributed by atoms with Crippen LogP contribution in [0.5, 0.6) is 0 Å². The van der Waals surface area contributed by atoms with E-state index in [-0.39, 0.29) is 5.82 Å². The smallest absolute Gasteiger partial charge is 0.152 e. The maximum absolute atomic E-state index is 13.3. The Balaban J connectivity index is 1.47. The average molecular weight is 465 g/mol. The minimum Gasteiger partial charge on any atom is -0.463 e. The van der Waals surface area contributed by atoms with Gasteiger partial charge in [0.1, 0.15) is 11.5 Å². The lowest BCUT2D eigenvalue weighted by atomic mass is 10.1. The van der Waals surface area contributed by atoms with Gasteiger partial charge in [0.25, 0.3) is 0 Å². The predicted molar refractivity (Wildman–Crippen MR) is 129 cm³/mol. The molecule has 0 amide bonds. The number of aromatic nitrogens is 2. The maximum Gasteiger partial charge on any atom is 0.152 e. The van der Waals surface area contributed by atoms with Gasteiger partial charge >= 0.3 is 0 Å². The molecule has 3 heterocycles. The van der Waals surface area contributed by atoms with Gasteiger partial charge in [-0.2, -0.15) is 5.10 Å². The molecule has 0 spiro atoms. The van der Waals surface area contributed by atoms with E-state index in [4.69, 9.17) is 21.1 Å². The first kappa shape index (κ1) is 21.9. The van der Waals surface area contributed by atoms with Gasteiger partial charge in [0, 0.05) is 43.9 Å². The SMILES string of the molecule is CCN1CCN(Cc2cnn(-c3ccc(-c4ccc(F)cc4)c(Cl)c3)c2-c2ccco2)CC1. The molecule has 1 fully saturated rings. The Morgan fingerprint density at radius 1 is 1.00 bits per heavy atom. The second kappa shape index (κ2) is 9.51. The Morgan fingerprint density at radius 2 is 1.76 bits per heavy atom. The predicted octanol–water partition coefficient (Wildman–Crippen LogP) is 5.73. The van der Waals surface area contributed by atoms with Crippen LogP contribution in [0.1, 0.15) is 12.5 Å². The molecule has 0 atom stereocenters. The second-order valence-corrected chi connectivity index (χ2v) is 8.70. The van der Waals surface area contributed by atoms with Gasteiger partial charge < -0.3 is 9.32 Å². The minimum absolute atomic E-state index is 0.269. The Bertz CT molecular complexity index is 1210. The van der Waals surface area contributed by atoms with Crippen LogP contribution in [0.3, 0.4) is 0 Å². The van der Waals surface area contributed by atoms with Crippen LogP contribution in [0.25, 0.3) is 28.3 Å². The number of piperazine rings is 1. The molecule has 4 aromatic rings. The number of likely N-dealkylation sites (N-methyl/N-ethyl adjacent to an activating group) is 1. The maximum atomic E-state index is 13.3. The first-order valence-electron chi connectivity index (χ1n) is 11.2. The minimum atomic E-state index is -0.269. The van der Waals surface area contributed by atoms with E-state index in [0.29, 0.717) is 5.02 Å². The van der Waals surface area contributed by atoms with Gasteiger partial charge in [0.15, 0.2) is 5.76 Å². The van der Waals surface area contributed by atoms with Crippen molar-refractivity contribution < 1.29 is 8.81 Å². The van der Waals surface area contributed by atoms with E-state index in [2.05, 4.69) is 16.7 Å². The summed E-state index contributed by atoms with van der Waals surface area (Å²) in [6.45, 7) is 8.36. The molecule has 5 rings (SSSR count). The van der Waals surface area contributed by atoms with Crippen LogP contribution in [0, 0.1) is 5.82 Å². The molecule has 2 aromatic heterocycles. The third kappa shape index (κ3) is 4.60. The van der Waals surface area contributed by atoms with Crippen molar-refractivity contribution in [3.05, 3.63) is 83.5 Å². The molecule has 0 radical (unpaired) electrons. The number of nitrogens with zero attached hydrogens (tertiary/aromatic N) is 4. The van der Waals surface area contributed by atoms with Crippen LogP contribution in [0.2, 0.25) is 5.02 Å². The van der Waals surface area contributed by atoms with E-state index in [0.717, 1.165) is 73.1 Å². The lowest BCUT2D eigenvalue weighted by molar-refractivity contribution is 0.132. The van der Waals surface area contributed by atoms with Gasteiger partial charge in [0.2, 0.25) is 0 Å². The van der Waals surface area contributed by atoms with Crippen LogP contribution in [0.4, 0.5) is 4.39 Å². The number of halogens is 2. The van der Waals surface area contributed by atoms with Crippen molar-refractivity contribution >= 4 is 11.6 Å². The molecule has 1 aliphatic heterocycles. The molecule has 0 saturated carbocycles. The third-order valence-corrected chi connectivity index (χ3v) is 6.57. The van der Waals surface area contributed by atoms with Gasteiger partial charge in [-0.25, -0.2) is 9.07 Å². The van der Waals surface area contributed by atoms with Gasteiger partial charge in [-0.15, -0.1) is 0 Å². The van der Waals surface area contributed by atoms with Gasteiger partial charge in [0.05, 0.1) is 23.2 Å². The van der Waals surface area contributed by atoms with E-state index < -0.39 is 0 Å². The molecule has 1 aliphatic rings. The third-order valence-electron chi connectivity index (χ3n) is 6.26. The summed E-state index contributed by atoms with van der Waals surface area (Å²) in [5, 5.41) is 5.29. The molecular weight excluding hydrogens is 439 g/mol. The summed E-state index contributed by atoms with van der Waals surface area (Å²) in [7, 11) is 0. The van der Waals surface area contributed by atoms with Gasteiger partial charge in [-0.1, -0.05) is 36.7 Å². The highest BCUT2D eigenvalue weighted by Crippen LogP contribution is 2.33. The Labute approximate surface area is 198 Å². The highest BCUT2D eigenvalue weighted by atomic mass is 35.5. The monoisotopic (exact) mass is 464 g/mol. The molecular formula is C26H26ClFN4O. The Kier molecular flexibility index (Phi) is 6.31. The zero-order valence-electron chi connectivity index (χ0n) is 18.5. The normalized spacial score (nSPS) is 15.2. The molecule has 0 N–H and O–H groups in total. The van der Waals surface area contributed by atoms with Crippen LogP contribution < -0.4 is 0 Å². The summed E-state index contributed by atoms with van der Waals surface area (Å²) in [5.41, 5.74) is 4.61. The lowest BCUT2D eigenvalue weighted by Crippen LogP contribution is -2.45. The summed E-state index contributed by atoms with van der Waals surface area (Å²) in [5.74, 6) is 0.503. The number of hydrogen-bond donors (Lipinski definition) is 0. The van der Waals surface area contributed by atoms with Gasteiger partial charge in [-0.3, -0.25) is 4.90 Å². The molecule has 1 saturated heterocycles. The van der Waals surface area contributed by atoms with Crippen LogP contribution in [0.15, 0.2) is 71.5 Å². The fourth-order valence-electron chi connectivity index (χ4n) is 4.37. The van der Waals surface area contributed by atoms with Crippen LogP contribution >= 0.6 is 11.6 Å². The summed E-state index contributed by atoms with van der Waals surface area (Å²) in [6, 6.07) is 16.0. The number of rotatable bonds is 6. The topological polar surface area (TPSA) is 37.4 Å². The van der Waals surface area contributed by atoms with E-state index >= 15 is 0 Å². The number of benzene rings is 2. The molecule has 5 nitrogen and oxygen atoms in total. The fraction of sp³-hybridized carbons (Fsp3) is 0.269. The highest BCUT2D eigenvalue weighted by Gasteiger charge is 2.22. The first-order valence-corrected chi connectivity index (χ1v) is 11.6. The Morgan fingerprint density at radius 3 is 2.42 bits per heavy atom. The van der Waals surface area contributed by atoms with Crippen molar-refractivity contribution in [3.8, 4) is 28.3 Å². The molecule has 2 aromatic carbocycles. The van der Waals surface area contributed by atoms with Crippen LogP contribution in [-0.4, -0.2) is 52.3 Å². The van der Waals surface area contributed by atoms with Crippen molar-refractivity contribution in [2.75, 3.05) is 32.7 Å². The number of furan rings is 1. The molecule has 0 aliphatic carbocycles. The van der Waals surface area contributed by atoms with Crippen molar-refractivity contribution in [2.45, 2.75) is 13.5 Å². The summed E-state index contributed by atoms with van der Waals surface area (Å²) >= 11 is 6.65. The summed E-state index contributed by atoms with van der Waals surface area (Å²) in [4.78, 5) is 4.93. The largest absolute Gasteiger partial charge is 0.463 e. The fourth-order valence-corrected chi connectivity index (χ4v) is 4.66. The van der Waals surface area contributed by atoms with Crippen LogP contribution in [-0.2, 0) is 6.54 Å². The quantitative estimate of drug-likeness (QED) is 0.365. The lowest BCUT2D eigenvalue weighted by Gasteiger charge is -2.33. The second-order valence-electron chi connectivity index (χ2n) is 8.29. The first-order chi connectivity index (χ1) is 16.1. The summed E-state index contributed by atoms with van der Waals surface area (Å²) in [6.07, 6.45) is 3.60. The van der Waals surface area contributed by atoms with Crippen molar-refractivity contribution in [1.82, 2.24) is 19.6 Å². The molecule has 0 bridgehead atoms. The van der Waals surface area contributed by atoms with Gasteiger partial charge in [-0.05, 0) is 48.5 Å². The Hall–Kier alpha value is -2.93.